The Kier molecular flexibility index (Phi) is 4.98. The summed E-state index contributed by atoms with van der Waals surface area (Å²) in [5, 5.41) is 3.17. The number of nitrogens with zero attached hydrogens (tertiary/aromatic N) is 2. The lowest BCUT2D eigenvalue weighted by atomic mass is 10.1. The minimum absolute atomic E-state index is 0.0423. The first-order valence-corrected chi connectivity index (χ1v) is 9.39. The van der Waals surface area contributed by atoms with Crippen LogP contribution >= 0.6 is 0 Å². The highest BCUT2D eigenvalue weighted by molar-refractivity contribution is 5.97. The lowest BCUT2D eigenvalue weighted by molar-refractivity contribution is -0.118. The third kappa shape index (κ3) is 3.56. The van der Waals surface area contributed by atoms with Crippen molar-refractivity contribution in [2.45, 2.75) is 25.8 Å². The first-order valence-electron chi connectivity index (χ1n) is 9.39. The standard InChI is InChI=1S/C23H23N3O2/c1-16(23(27)25-20-9-8-18-5-3-4-6-19(18)20)13-17-7-10-21(22(14-17)28-2)26-12-11-24-15-26/h3-7,10-15,20H,8-9H2,1-2H3,(H,25,27)/b16-13+. The second kappa shape index (κ2) is 7.72. The van der Waals surface area contributed by atoms with Crippen molar-refractivity contribution < 1.29 is 9.53 Å². The number of imidazole rings is 1. The van der Waals surface area contributed by atoms with Gasteiger partial charge in [0.2, 0.25) is 5.91 Å². The fourth-order valence-corrected chi connectivity index (χ4v) is 3.69. The number of hydrogen-bond acceptors (Lipinski definition) is 3. The van der Waals surface area contributed by atoms with Crippen LogP contribution in [0.1, 0.15) is 36.1 Å². The molecular weight excluding hydrogens is 350 g/mol. The maximum Gasteiger partial charge on any atom is 0.247 e. The molecule has 1 aliphatic carbocycles. The van der Waals surface area contributed by atoms with Crippen LogP contribution in [-0.2, 0) is 11.2 Å². The zero-order valence-electron chi connectivity index (χ0n) is 16.1. The average molecular weight is 373 g/mol. The van der Waals surface area contributed by atoms with Crippen LogP contribution in [0.25, 0.3) is 11.8 Å². The van der Waals surface area contributed by atoms with Crippen molar-refractivity contribution in [1.82, 2.24) is 14.9 Å². The van der Waals surface area contributed by atoms with Crippen LogP contribution in [0.4, 0.5) is 0 Å². The maximum absolute atomic E-state index is 12.7. The molecule has 142 valence electrons. The number of carbonyl (C=O) groups excluding carboxylic acids is 1. The molecule has 1 atom stereocenters. The van der Waals surface area contributed by atoms with Crippen molar-refractivity contribution in [3.8, 4) is 11.4 Å². The van der Waals surface area contributed by atoms with Crippen molar-refractivity contribution in [2.24, 2.45) is 0 Å². The summed E-state index contributed by atoms with van der Waals surface area (Å²) in [5.41, 5.74) is 5.05. The molecule has 1 amide bonds. The Morgan fingerprint density at radius 2 is 2.14 bits per heavy atom. The Bertz CT molecular complexity index is 1020. The smallest absolute Gasteiger partial charge is 0.247 e. The normalized spacial score (nSPS) is 15.9. The second-order valence-corrected chi connectivity index (χ2v) is 6.99. The van der Waals surface area contributed by atoms with Gasteiger partial charge in [-0.3, -0.25) is 4.79 Å². The molecule has 1 aliphatic rings. The van der Waals surface area contributed by atoms with Crippen LogP contribution in [0.5, 0.6) is 5.75 Å². The van der Waals surface area contributed by atoms with E-state index in [1.54, 1.807) is 19.6 Å². The van der Waals surface area contributed by atoms with Crippen LogP contribution in [-0.4, -0.2) is 22.6 Å². The SMILES string of the molecule is COc1cc(/C=C(\C)C(=O)NC2CCc3ccccc32)ccc1-n1ccnc1. The Morgan fingerprint density at radius 1 is 1.29 bits per heavy atom. The number of fused-ring (bicyclic) bond motifs is 1. The number of carbonyl (C=O) groups is 1. The van der Waals surface area contributed by atoms with Crippen LogP contribution in [0.15, 0.2) is 66.8 Å². The summed E-state index contributed by atoms with van der Waals surface area (Å²) in [5.74, 6) is 0.684. The van der Waals surface area contributed by atoms with Crippen LogP contribution in [0, 0.1) is 0 Å². The van der Waals surface area contributed by atoms with Crippen molar-refractivity contribution in [2.75, 3.05) is 7.11 Å². The monoisotopic (exact) mass is 373 g/mol. The quantitative estimate of drug-likeness (QED) is 0.686. The highest BCUT2D eigenvalue weighted by atomic mass is 16.5. The van der Waals surface area contributed by atoms with Gasteiger partial charge in [0.05, 0.1) is 25.2 Å². The lowest BCUT2D eigenvalue weighted by Gasteiger charge is -2.15. The van der Waals surface area contributed by atoms with Crippen molar-refractivity contribution in [1.29, 1.82) is 0 Å². The molecule has 28 heavy (non-hydrogen) atoms. The summed E-state index contributed by atoms with van der Waals surface area (Å²) in [7, 11) is 1.64. The third-order valence-electron chi connectivity index (χ3n) is 5.17. The number of benzene rings is 2. The number of ether oxygens (including phenoxy) is 1. The maximum atomic E-state index is 12.7. The first kappa shape index (κ1) is 18.0. The van der Waals surface area contributed by atoms with Gasteiger partial charge in [0.15, 0.2) is 0 Å². The summed E-state index contributed by atoms with van der Waals surface area (Å²) in [4.78, 5) is 16.8. The van der Waals surface area contributed by atoms with E-state index in [2.05, 4.69) is 28.5 Å². The summed E-state index contributed by atoms with van der Waals surface area (Å²) >= 11 is 0. The molecule has 0 saturated heterocycles. The van der Waals surface area contributed by atoms with Gasteiger partial charge in [-0.15, -0.1) is 0 Å². The zero-order chi connectivity index (χ0) is 19.5. The lowest BCUT2D eigenvalue weighted by Crippen LogP contribution is -2.27. The van der Waals surface area contributed by atoms with Crippen LogP contribution in [0.3, 0.4) is 0 Å². The molecule has 2 aromatic carbocycles. The van der Waals surface area contributed by atoms with E-state index in [4.69, 9.17) is 4.74 Å². The number of aryl methyl sites for hydroxylation is 1. The van der Waals surface area contributed by atoms with E-state index in [1.807, 2.05) is 48.0 Å². The van der Waals surface area contributed by atoms with E-state index in [-0.39, 0.29) is 11.9 Å². The Labute approximate surface area is 164 Å². The van der Waals surface area contributed by atoms with E-state index < -0.39 is 0 Å². The largest absolute Gasteiger partial charge is 0.495 e. The second-order valence-electron chi connectivity index (χ2n) is 6.99. The van der Waals surface area contributed by atoms with E-state index in [0.29, 0.717) is 5.57 Å². The van der Waals surface area contributed by atoms with E-state index in [9.17, 15) is 4.79 Å². The van der Waals surface area contributed by atoms with Crippen LogP contribution < -0.4 is 10.1 Å². The van der Waals surface area contributed by atoms with Crippen LogP contribution in [0.2, 0.25) is 0 Å². The van der Waals surface area contributed by atoms with Crippen molar-refractivity contribution in [3.63, 3.8) is 0 Å². The molecule has 4 rings (SSSR count). The molecule has 0 spiro atoms. The molecule has 1 N–H and O–H groups in total. The Morgan fingerprint density at radius 3 is 2.93 bits per heavy atom. The summed E-state index contributed by atoms with van der Waals surface area (Å²) in [6, 6.07) is 14.3. The van der Waals surface area contributed by atoms with Gasteiger partial charge in [0.1, 0.15) is 5.75 Å². The molecule has 5 nitrogen and oxygen atoms in total. The molecule has 0 fully saturated rings. The Balaban J connectivity index is 1.51. The van der Waals surface area contributed by atoms with E-state index in [0.717, 1.165) is 29.8 Å². The van der Waals surface area contributed by atoms with Gasteiger partial charge in [-0.1, -0.05) is 30.3 Å². The molecule has 0 aliphatic heterocycles. The summed E-state index contributed by atoms with van der Waals surface area (Å²) in [6.45, 7) is 1.84. The summed E-state index contributed by atoms with van der Waals surface area (Å²) < 4.78 is 7.41. The molecule has 0 radical (unpaired) electrons. The molecule has 1 unspecified atom stereocenters. The van der Waals surface area contributed by atoms with Gasteiger partial charge < -0.3 is 14.6 Å². The van der Waals surface area contributed by atoms with Gasteiger partial charge >= 0.3 is 0 Å². The predicted octanol–water partition coefficient (Wildman–Crippen LogP) is 4.09. The molecule has 1 heterocycles. The minimum atomic E-state index is -0.0423. The molecule has 3 aromatic rings. The van der Waals surface area contributed by atoms with Gasteiger partial charge in [-0.05, 0) is 54.7 Å². The van der Waals surface area contributed by atoms with Gasteiger partial charge in [0.25, 0.3) is 0 Å². The molecule has 5 heteroatoms. The van der Waals surface area contributed by atoms with Crippen molar-refractivity contribution in [3.05, 3.63) is 83.4 Å². The Hall–Kier alpha value is -3.34. The number of hydrogen-bond donors (Lipinski definition) is 1. The number of nitrogens with one attached hydrogen (secondary N) is 1. The fourth-order valence-electron chi connectivity index (χ4n) is 3.69. The number of rotatable bonds is 5. The van der Waals surface area contributed by atoms with Gasteiger partial charge in [-0.25, -0.2) is 4.98 Å². The number of amides is 1. The zero-order valence-corrected chi connectivity index (χ0v) is 16.1. The van der Waals surface area contributed by atoms with E-state index in [1.165, 1.54) is 11.1 Å². The number of aromatic nitrogens is 2. The fraction of sp³-hybridized carbons (Fsp3) is 0.217. The highest BCUT2D eigenvalue weighted by Gasteiger charge is 2.23. The summed E-state index contributed by atoms with van der Waals surface area (Å²) in [6.07, 6.45) is 9.17. The third-order valence-corrected chi connectivity index (χ3v) is 5.17. The van der Waals surface area contributed by atoms with E-state index >= 15 is 0 Å². The van der Waals surface area contributed by atoms with Gasteiger partial charge in [-0.2, -0.15) is 0 Å². The van der Waals surface area contributed by atoms with Crippen molar-refractivity contribution >= 4 is 12.0 Å². The molecule has 0 bridgehead atoms. The molecule has 0 saturated carbocycles. The highest BCUT2D eigenvalue weighted by Crippen LogP contribution is 2.31. The predicted molar refractivity (Wildman–Crippen MR) is 109 cm³/mol. The topological polar surface area (TPSA) is 56.1 Å². The average Bonchev–Trinajstić information content (AvgIpc) is 3.38. The first-order chi connectivity index (χ1) is 13.7. The minimum Gasteiger partial charge on any atom is -0.495 e. The molecular formula is C23H23N3O2. The number of methoxy groups -OCH3 is 1. The van der Waals surface area contributed by atoms with Gasteiger partial charge in [0, 0.05) is 18.0 Å². The molecule has 1 aromatic heterocycles.